The Bertz CT molecular complexity index is 3390. The SMILES string of the molecule is CC(C)(C)P(C[C]12[CH]3[CH]4[C]5([Si](c6ccccc6)(c6ccccc6)c6ccccc6)[C]1(CP(C(C)(C)C)C(C)(C)C)[Fe]34251678[CH]2[CH]1[CH]6[C]7([Si](c1ccccc1)(c1ccccc1)c1ccccc1)[CH]28)C(C)(C)C. The second-order valence-corrected chi connectivity index (χ2v) is 69.3. The van der Waals surface area contributed by atoms with Crippen molar-refractivity contribution in [2.24, 2.45) is 0 Å². The number of fused-ring (bicyclic) bond motifs is 10. The molecule has 10 aliphatic heterocycles. The average molecular weight is 1020 g/mol. The van der Waals surface area contributed by atoms with E-state index in [9.17, 15) is 0 Å². The molecule has 5 heteroatoms. The van der Waals surface area contributed by atoms with Crippen LogP contribution in [0.5, 0.6) is 0 Å². The molecule has 10 aliphatic rings. The molecule has 10 heterocycles. The molecular weight excluding hydrogens is 943 g/mol. The molecule has 0 amide bonds. The van der Waals surface area contributed by atoms with E-state index in [-0.39, 0.29) is 36.5 Å². The molecule has 0 bridgehead atoms. The first kappa shape index (κ1) is 42.6. The Hall–Kier alpha value is -2.87. The van der Waals surface area contributed by atoms with E-state index >= 15 is 0 Å². The number of hydrogen-bond acceptors (Lipinski definition) is 0. The predicted molar refractivity (Wildman–Crippen MR) is 304 cm³/mol. The van der Waals surface area contributed by atoms with E-state index in [0.29, 0.717) is 16.5 Å². The Balaban J connectivity index is 1.16. The normalized spacial score (nSPS) is 43.0. The maximum absolute atomic E-state index is 5.47. The van der Waals surface area contributed by atoms with Crippen LogP contribution in [0.4, 0.5) is 0 Å². The summed E-state index contributed by atoms with van der Waals surface area (Å²) < 4.78 is 1.76. The number of benzene rings is 6. The van der Waals surface area contributed by atoms with E-state index in [2.05, 4.69) is 265 Å². The van der Waals surface area contributed by atoms with Crippen LogP contribution in [0, 0.1) is 0 Å². The van der Waals surface area contributed by atoms with Crippen LogP contribution in [0.15, 0.2) is 182 Å². The monoisotopic (exact) mass is 1020 g/mol. The van der Waals surface area contributed by atoms with Crippen molar-refractivity contribution in [2.45, 2.75) is 149 Å². The summed E-state index contributed by atoms with van der Waals surface area (Å²) in [4.78, 5) is 5.94. The van der Waals surface area contributed by atoms with Gasteiger partial charge in [0, 0.05) is 0 Å². The van der Waals surface area contributed by atoms with Crippen molar-refractivity contribution in [3.8, 4) is 0 Å². The van der Waals surface area contributed by atoms with Crippen LogP contribution >= 0.6 is 15.8 Å². The summed E-state index contributed by atoms with van der Waals surface area (Å²) in [6.45, 7) is 26.9. The van der Waals surface area contributed by atoms with Crippen molar-refractivity contribution in [2.75, 3.05) is 12.3 Å². The van der Waals surface area contributed by atoms with Gasteiger partial charge in [-0.05, 0) is 0 Å². The maximum atomic E-state index is 2.72. The summed E-state index contributed by atoms with van der Waals surface area (Å²) in [5.74, 6) is 0. The van der Waals surface area contributed by atoms with Crippen molar-refractivity contribution < 1.29 is 6.51 Å². The molecule has 69 heavy (non-hydrogen) atoms. The van der Waals surface area contributed by atoms with Crippen molar-refractivity contribution >= 4 is 63.1 Å². The minimum atomic E-state index is -5.47. The molecule has 10 saturated heterocycles. The quantitative estimate of drug-likeness (QED) is 0.0651. The van der Waals surface area contributed by atoms with Crippen molar-refractivity contribution in [3.63, 3.8) is 0 Å². The Morgan fingerprint density at radius 1 is 0.362 bits per heavy atom. The third-order valence-electron chi connectivity index (χ3n) is 28.2. The van der Waals surface area contributed by atoms with Crippen LogP contribution in [0.3, 0.4) is 0 Å². The molecule has 0 N–H and O–H groups in total. The van der Waals surface area contributed by atoms with E-state index in [1.165, 1.54) is 6.16 Å². The Morgan fingerprint density at radius 2 is 0.638 bits per heavy atom. The summed E-state index contributed by atoms with van der Waals surface area (Å²) in [7, 11) is -6.46. The summed E-state index contributed by atoms with van der Waals surface area (Å²) in [5.41, 5.74) is 0. The molecule has 6 aromatic carbocycles. The van der Waals surface area contributed by atoms with Crippen LogP contribution in [0.1, 0.15) is 83.1 Å². The second-order valence-electron chi connectivity index (χ2n) is 29.8. The molecule has 16 rings (SSSR count). The predicted octanol–water partition coefficient (Wildman–Crippen LogP) is 14.4. The Labute approximate surface area is 410 Å². The zero-order valence-corrected chi connectivity index (χ0v) is 48.3. The fraction of sp³-hybridized carbons (Fsp3) is 0.438. The van der Waals surface area contributed by atoms with Gasteiger partial charge in [-0.1, -0.05) is 0 Å². The van der Waals surface area contributed by atoms with Gasteiger partial charge in [0.15, 0.2) is 0 Å². The number of hydrogen-bond donors (Lipinski definition) is 0. The summed E-state index contributed by atoms with van der Waals surface area (Å²) in [6, 6.07) is 76.1. The first-order chi connectivity index (χ1) is 32.5. The van der Waals surface area contributed by atoms with Crippen molar-refractivity contribution in [3.05, 3.63) is 182 Å². The summed E-state index contributed by atoms with van der Waals surface area (Å²) >= 11 is 0. The number of rotatable bonds is 12. The second kappa shape index (κ2) is 8.64. The van der Waals surface area contributed by atoms with E-state index in [1.54, 1.807) is 37.3 Å². The van der Waals surface area contributed by atoms with Gasteiger partial charge < -0.3 is 0 Å². The van der Waals surface area contributed by atoms with Crippen LogP contribution in [0.25, 0.3) is 0 Å². The van der Waals surface area contributed by atoms with E-state index in [0.717, 1.165) is 28.9 Å². The molecule has 0 saturated carbocycles. The van der Waals surface area contributed by atoms with E-state index in [4.69, 9.17) is 0 Å². The van der Waals surface area contributed by atoms with Gasteiger partial charge in [-0.15, -0.1) is 0 Å². The molecule has 0 radical (unpaired) electrons. The van der Waals surface area contributed by atoms with Gasteiger partial charge in [0.05, 0.1) is 0 Å². The zero-order chi connectivity index (χ0) is 48.0. The van der Waals surface area contributed by atoms with Crippen LogP contribution in [-0.2, 0) is 6.51 Å². The van der Waals surface area contributed by atoms with Crippen molar-refractivity contribution in [1.29, 1.82) is 0 Å². The van der Waals surface area contributed by atoms with Crippen LogP contribution in [0.2, 0.25) is 45.4 Å². The molecule has 10 fully saturated rings. The van der Waals surface area contributed by atoms with Gasteiger partial charge in [0.1, 0.15) is 0 Å². The molecule has 0 aliphatic carbocycles. The molecule has 358 valence electrons. The van der Waals surface area contributed by atoms with Gasteiger partial charge in [0.2, 0.25) is 0 Å². The molecule has 9 unspecified atom stereocenters. The minimum absolute atomic E-state index is 0.242. The third kappa shape index (κ3) is 1.73. The van der Waals surface area contributed by atoms with Crippen LogP contribution in [-0.4, -0.2) is 49.1 Å². The van der Waals surface area contributed by atoms with Gasteiger partial charge >= 0.3 is 413 Å². The topological polar surface area (TPSA) is 0 Å². The first-order valence-corrected chi connectivity index (χ1v) is 39.7. The van der Waals surface area contributed by atoms with Crippen molar-refractivity contribution in [1.82, 2.24) is 0 Å². The first-order valence-electron chi connectivity index (χ1n) is 26.6. The van der Waals surface area contributed by atoms with Gasteiger partial charge in [-0.2, -0.15) is 0 Å². The van der Waals surface area contributed by atoms with Gasteiger partial charge in [-0.25, -0.2) is 0 Å². The molecule has 0 aromatic heterocycles. The molecular formula is C64H76FeP2Si2. The standard InChI is InChI=1S/C41H57P2Si.C23H19Si.Fe/c1-38(2,3)42(39(4,5)6)30-32-28-29-37(36(32)31-43(40(7,8)9)41(10,11)12)44(33-22-16-13-17-23-33,34-24-18-14-19-25-34)35-26-20-15-21-27-35;1-4-12-20(13-5-1)24(23-18-10-11-19-23,21-14-6-2-7-15-21)22-16-8-3-9-17-22;/h13-29H,30-31H2,1-12H3;1-19H;. The summed E-state index contributed by atoms with van der Waals surface area (Å²) in [6.07, 6.45) is 3.08. The molecule has 1 spiro atoms. The molecule has 0 nitrogen and oxygen atoms in total. The van der Waals surface area contributed by atoms with E-state index < -0.39 is 22.7 Å². The fourth-order valence-corrected chi connectivity index (χ4v) is 171. The molecule has 9 atom stereocenters. The van der Waals surface area contributed by atoms with Gasteiger partial charge in [0.25, 0.3) is 0 Å². The molecule has 6 aromatic rings. The Kier molecular flexibility index (Phi) is 5.33. The summed E-state index contributed by atoms with van der Waals surface area (Å²) in [5, 5.41) is 11.5. The zero-order valence-electron chi connectivity index (χ0n) is 43.4. The fourth-order valence-electron chi connectivity index (χ4n) is 31.0. The van der Waals surface area contributed by atoms with E-state index in [1.807, 2.05) is 0 Å². The average Bonchev–Trinajstić information content (AvgIpc) is 4.29. The Morgan fingerprint density at radius 3 is 0.913 bits per heavy atom. The van der Waals surface area contributed by atoms with Crippen LogP contribution < -0.4 is 31.1 Å². The van der Waals surface area contributed by atoms with Gasteiger partial charge in [-0.3, -0.25) is 0 Å². The third-order valence-corrected chi connectivity index (χ3v) is 103.